The van der Waals surface area contributed by atoms with Crippen molar-refractivity contribution in [3.05, 3.63) is 151 Å². The van der Waals surface area contributed by atoms with Crippen LogP contribution in [-0.2, 0) is 0 Å². The van der Waals surface area contributed by atoms with E-state index in [9.17, 15) is 0 Å². The van der Waals surface area contributed by atoms with E-state index in [1.54, 1.807) is 0 Å². The third-order valence-electron chi connectivity index (χ3n) is 7.04. The molecule has 0 aliphatic carbocycles. The maximum Gasteiger partial charge on any atom is 0.164 e. The van der Waals surface area contributed by atoms with E-state index in [4.69, 9.17) is 36.5 Å². The predicted molar refractivity (Wildman–Crippen MR) is 173 cm³/mol. The van der Waals surface area contributed by atoms with Gasteiger partial charge in [-0.1, -0.05) is 151 Å². The monoisotopic (exact) mass is 573 g/mol. The molecule has 0 N–H and O–H groups in total. The van der Waals surface area contributed by atoms with Gasteiger partial charge in [0.15, 0.2) is 22.6 Å². The van der Waals surface area contributed by atoms with E-state index in [1.807, 2.05) is 140 Å². The molecule has 0 aliphatic heterocycles. The molecule has 0 unspecified atom stereocenters. The molecule has 5 aromatic carbocycles. The molecule has 0 fully saturated rings. The molecule has 0 radical (unpaired) electrons. The van der Waals surface area contributed by atoms with Crippen LogP contribution in [0.5, 0.6) is 0 Å². The first kappa shape index (κ1) is 26.4. The van der Waals surface area contributed by atoms with Gasteiger partial charge < -0.3 is 0 Å². The molecule has 2 aromatic heterocycles. The Morgan fingerprint density at radius 3 is 1.19 bits per heavy atom. The van der Waals surface area contributed by atoms with Gasteiger partial charge in [-0.15, -0.1) is 0 Å². The first-order valence-electron chi connectivity index (χ1n) is 13.9. The number of rotatable bonds is 6. The molecule has 2 heterocycles. The van der Waals surface area contributed by atoms with Crippen LogP contribution in [-0.4, -0.2) is 24.9 Å². The molecule has 6 heteroatoms. The van der Waals surface area contributed by atoms with E-state index < -0.39 is 0 Å². The smallest absolute Gasteiger partial charge is 0.164 e. The molecule has 5 nitrogen and oxygen atoms in total. The first-order chi connectivity index (χ1) is 21.2. The molecule has 7 rings (SSSR count). The molecular formula is C37H24ClN5. The molecule has 0 atom stereocenters. The lowest BCUT2D eigenvalue weighted by Crippen LogP contribution is -2.01. The first-order valence-corrected chi connectivity index (χ1v) is 14.3. The fourth-order valence-corrected chi connectivity index (χ4v) is 5.17. The number of benzene rings is 5. The summed E-state index contributed by atoms with van der Waals surface area (Å²) in [6, 6.07) is 47.8. The summed E-state index contributed by atoms with van der Waals surface area (Å²) >= 11 is 6.75. The highest BCUT2D eigenvalue weighted by Crippen LogP contribution is 2.36. The minimum atomic E-state index is 0.349. The van der Waals surface area contributed by atoms with Gasteiger partial charge in [-0.05, 0) is 6.07 Å². The molecule has 0 saturated heterocycles. The molecule has 204 valence electrons. The van der Waals surface area contributed by atoms with Gasteiger partial charge in [-0.3, -0.25) is 0 Å². The Labute approximate surface area is 254 Å². The van der Waals surface area contributed by atoms with E-state index >= 15 is 0 Å². The van der Waals surface area contributed by atoms with Crippen LogP contribution in [0.3, 0.4) is 0 Å². The number of aromatic nitrogens is 5. The van der Waals surface area contributed by atoms with Gasteiger partial charge in [0.05, 0.1) is 11.4 Å². The number of halogens is 1. The van der Waals surface area contributed by atoms with Crippen molar-refractivity contribution in [3.63, 3.8) is 0 Å². The van der Waals surface area contributed by atoms with Crippen LogP contribution in [0, 0.1) is 0 Å². The highest BCUT2D eigenvalue weighted by Gasteiger charge is 2.19. The second kappa shape index (κ2) is 11.8. The Morgan fingerprint density at radius 2 is 0.674 bits per heavy atom. The van der Waals surface area contributed by atoms with Gasteiger partial charge in [-0.2, -0.15) is 0 Å². The van der Waals surface area contributed by atoms with Gasteiger partial charge in [0, 0.05) is 33.4 Å². The van der Waals surface area contributed by atoms with E-state index in [1.165, 1.54) is 0 Å². The maximum atomic E-state index is 6.75. The predicted octanol–water partition coefficient (Wildman–Crippen LogP) is 9.32. The van der Waals surface area contributed by atoms with Gasteiger partial charge in [0.2, 0.25) is 0 Å². The Kier molecular flexibility index (Phi) is 7.22. The Bertz CT molecular complexity index is 1960. The van der Waals surface area contributed by atoms with E-state index in [0.29, 0.717) is 34.0 Å². The standard InChI is InChI=1S/C37H24ClN5/c38-34-33(26-16-7-2-8-17-26)39-32(31(40-34)25-14-5-1-6-15-25)29-22-13-23-30(24-29)37-42-35(27-18-9-3-10-19-27)41-36(43-37)28-20-11-4-12-21-28/h1-24H. The van der Waals surface area contributed by atoms with Crippen molar-refractivity contribution >= 4 is 11.6 Å². The minimum absolute atomic E-state index is 0.349. The lowest BCUT2D eigenvalue weighted by atomic mass is 10.0. The molecule has 0 amide bonds. The van der Waals surface area contributed by atoms with Crippen molar-refractivity contribution in [3.8, 4) is 67.9 Å². The molecule has 0 aliphatic rings. The average Bonchev–Trinajstić information content (AvgIpc) is 3.09. The van der Waals surface area contributed by atoms with E-state index in [0.717, 1.165) is 39.1 Å². The van der Waals surface area contributed by atoms with E-state index in [2.05, 4.69) is 6.07 Å². The summed E-state index contributed by atoms with van der Waals surface area (Å²) in [5.41, 5.74) is 7.42. The van der Waals surface area contributed by atoms with Crippen LogP contribution in [0.25, 0.3) is 67.9 Å². The molecular weight excluding hydrogens is 550 g/mol. The van der Waals surface area contributed by atoms with Crippen LogP contribution in [0.4, 0.5) is 0 Å². The summed E-state index contributed by atoms with van der Waals surface area (Å²) in [5, 5.41) is 0.349. The Hall–Kier alpha value is -5.52. The van der Waals surface area contributed by atoms with Crippen molar-refractivity contribution < 1.29 is 0 Å². The van der Waals surface area contributed by atoms with E-state index in [-0.39, 0.29) is 0 Å². The van der Waals surface area contributed by atoms with Crippen LogP contribution >= 0.6 is 11.6 Å². The van der Waals surface area contributed by atoms with Crippen LogP contribution in [0.2, 0.25) is 5.15 Å². The quantitative estimate of drug-likeness (QED) is 0.198. The van der Waals surface area contributed by atoms with Crippen LogP contribution in [0.15, 0.2) is 146 Å². The lowest BCUT2D eigenvalue weighted by molar-refractivity contribution is 1.07. The molecule has 0 spiro atoms. The highest BCUT2D eigenvalue weighted by atomic mass is 35.5. The fourth-order valence-electron chi connectivity index (χ4n) is 4.94. The molecule has 0 bridgehead atoms. The zero-order valence-electron chi connectivity index (χ0n) is 23.0. The van der Waals surface area contributed by atoms with Crippen molar-refractivity contribution in [1.29, 1.82) is 0 Å². The summed E-state index contributed by atoms with van der Waals surface area (Å²) in [4.78, 5) is 24.6. The molecule has 0 saturated carbocycles. The summed E-state index contributed by atoms with van der Waals surface area (Å²) in [6.45, 7) is 0. The van der Waals surface area contributed by atoms with Crippen molar-refractivity contribution in [2.45, 2.75) is 0 Å². The summed E-state index contributed by atoms with van der Waals surface area (Å²) in [5.74, 6) is 1.79. The summed E-state index contributed by atoms with van der Waals surface area (Å²) < 4.78 is 0. The summed E-state index contributed by atoms with van der Waals surface area (Å²) in [6.07, 6.45) is 0. The van der Waals surface area contributed by atoms with Gasteiger partial charge >= 0.3 is 0 Å². The third kappa shape index (κ3) is 5.54. The van der Waals surface area contributed by atoms with Crippen LogP contribution < -0.4 is 0 Å². The second-order valence-electron chi connectivity index (χ2n) is 9.91. The zero-order chi connectivity index (χ0) is 29.0. The van der Waals surface area contributed by atoms with Crippen molar-refractivity contribution in [2.24, 2.45) is 0 Å². The zero-order valence-corrected chi connectivity index (χ0v) is 23.7. The third-order valence-corrected chi connectivity index (χ3v) is 7.30. The molecule has 7 aromatic rings. The van der Waals surface area contributed by atoms with Gasteiger partial charge in [0.25, 0.3) is 0 Å². The topological polar surface area (TPSA) is 64.5 Å². The Morgan fingerprint density at radius 1 is 0.302 bits per heavy atom. The maximum absolute atomic E-state index is 6.75. The number of nitrogens with zero attached hydrogens (tertiary/aromatic N) is 5. The van der Waals surface area contributed by atoms with Crippen LogP contribution in [0.1, 0.15) is 0 Å². The number of hydrogen-bond donors (Lipinski definition) is 0. The Balaban J connectivity index is 1.41. The van der Waals surface area contributed by atoms with Crippen molar-refractivity contribution in [2.75, 3.05) is 0 Å². The minimum Gasteiger partial charge on any atom is -0.242 e. The highest BCUT2D eigenvalue weighted by molar-refractivity contribution is 6.32. The van der Waals surface area contributed by atoms with Gasteiger partial charge in [0.1, 0.15) is 5.69 Å². The largest absolute Gasteiger partial charge is 0.242 e. The molecule has 43 heavy (non-hydrogen) atoms. The van der Waals surface area contributed by atoms with Crippen molar-refractivity contribution in [1.82, 2.24) is 24.9 Å². The fraction of sp³-hybridized carbons (Fsp3) is 0. The second-order valence-corrected chi connectivity index (χ2v) is 10.3. The lowest BCUT2D eigenvalue weighted by Gasteiger charge is -2.14. The van der Waals surface area contributed by atoms with Gasteiger partial charge in [-0.25, -0.2) is 24.9 Å². The SMILES string of the molecule is Clc1nc(-c2ccccc2)c(-c2cccc(-c3nc(-c4ccccc4)nc(-c4ccccc4)n3)c2)nc1-c1ccccc1. The number of hydrogen-bond acceptors (Lipinski definition) is 5. The summed E-state index contributed by atoms with van der Waals surface area (Å²) in [7, 11) is 0. The average molecular weight is 574 g/mol. The normalized spacial score (nSPS) is 10.9.